The van der Waals surface area contributed by atoms with Crippen molar-refractivity contribution in [3.8, 4) is 0 Å². The van der Waals surface area contributed by atoms with Crippen molar-refractivity contribution in [3.05, 3.63) is 18.0 Å². The van der Waals surface area contributed by atoms with Crippen LogP contribution in [-0.2, 0) is 23.0 Å². The molecule has 4 nitrogen and oxygen atoms in total. The molecular weight excluding hydrogens is 228 g/mol. The van der Waals surface area contributed by atoms with Gasteiger partial charge >= 0.3 is 0 Å². The first kappa shape index (κ1) is 13.3. The summed E-state index contributed by atoms with van der Waals surface area (Å²) in [5, 5.41) is 4.09. The Hall–Kier alpha value is -1.16. The third-order valence-electron chi connectivity index (χ3n) is 3.79. The third-order valence-corrected chi connectivity index (χ3v) is 3.79. The molecule has 4 heteroatoms. The minimum absolute atomic E-state index is 0.192. The average molecular weight is 250 g/mol. The van der Waals surface area contributed by atoms with Crippen LogP contribution in [0.15, 0.2) is 12.4 Å². The highest BCUT2D eigenvalue weighted by molar-refractivity contribution is 5.85. The van der Waals surface area contributed by atoms with Crippen molar-refractivity contribution in [2.45, 2.75) is 44.6 Å². The molecule has 1 fully saturated rings. The van der Waals surface area contributed by atoms with Gasteiger partial charge < -0.3 is 4.74 Å². The molecule has 0 N–H and O–H groups in total. The molecule has 1 aliphatic carbocycles. The van der Waals surface area contributed by atoms with Crippen LogP contribution in [0.2, 0.25) is 0 Å². The van der Waals surface area contributed by atoms with Gasteiger partial charge in [0, 0.05) is 26.8 Å². The van der Waals surface area contributed by atoms with Crippen LogP contribution in [0, 0.1) is 5.92 Å². The molecule has 2 rings (SSSR count). The molecule has 0 radical (unpaired) electrons. The SMILES string of the molecule is COC(C(=O)Cc1cnn(C)c1)C1CCCCC1. The van der Waals surface area contributed by atoms with Crippen molar-refractivity contribution in [1.82, 2.24) is 9.78 Å². The largest absolute Gasteiger partial charge is 0.373 e. The summed E-state index contributed by atoms with van der Waals surface area (Å²) in [6.07, 6.45) is 9.85. The summed E-state index contributed by atoms with van der Waals surface area (Å²) >= 11 is 0. The van der Waals surface area contributed by atoms with Gasteiger partial charge in [-0.05, 0) is 24.3 Å². The van der Waals surface area contributed by atoms with Crippen molar-refractivity contribution >= 4 is 5.78 Å². The monoisotopic (exact) mass is 250 g/mol. The fourth-order valence-corrected chi connectivity index (χ4v) is 2.89. The van der Waals surface area contributed by atoms with Crippen LogP contribution in [0.3, 0.4) is 0 Å². The first-order valence-corrected chi connectivity index (χ1v) is 6.73. The van der Waals surface area contributed by atoms with Crippen LogP contribution in [-0.4, -0.2) is 28.8 Å². The minimum atomic E-state index is -0.231. The Labute approximate surface area is 108 Å². The van der Waals surface area contributed by atoms with Gasteiger partial charge in [0.2, 0.25) is 0 Å². The minimum Gasteiger partial charge on any atom is -0.373 e. The fourth-order valence-electron chi connectivity index (χ4n) is 2.89. The molecule has 1 aromatic heterocycles. The second kappa shape index (κ2) is 6.14. The zero-order valence-corrected chi connectivity index (χ0v) is 11.3. The summed E-state index contributed by atoms with van der Waals surface area (Å²) in [6, 6.07) is 0. The van der Waals surface area contributed by atoms with E-state index in [1.54, 1.807) is 18.0 Å². The van der Waals surface area contributed by atoms with Crippen LogP contribution < -0.4 is 0 Å². The van der Waals surface area contributed by atoms with Gasteiger partial charge in [-0.25, -0.2) is 0 Å². The van der Waals surface area contributed by atoms with E-state index in [9.17, 15) is 4.79 Å². The summed E-state index contributed by atoms with van der Waals surface area (Å²) in [6.45, 7) is 0. The Kier molecular flexibility index (Phi) is 4.53. The van der Waals surface area contributed by atoms with E-state index < -0.39 is 0 Å². The molecule has 18 heavy (non-hydrogen) atoms. The average Bonchev–Trinajstić information content (AvgIpc) is 2.77. The zero-order valence-electron chi connectivity index (χ0n) is 11.3. The number of ether oxygens (including phenoxy) is 1. The molecule has 0 bridgehead atoms. The number of ketones is 1. The quantitative estimate of drug-likeness (QED) is 0.804. The molecule has 0 saturated heterocycles. The number of nitrogens with zero attached hydrogens (tertiary/aromatic N) is 2. The highest BCUT2D eigenvalue weighted by Gasteiger charge is 2.29. The van der Waals surface area contributed by atoms with E-state index in [2.05, 4.69) is 5.10 Å². The molecule has 0 spiro atoms. The van der Waals surface area contributed by atoms with Gasteiger partial charge in [-0.1, -0.05) is 19.3 Å². The van der Waals surface area contributed by atoms with Crippen LogP contribution in [0.1, 0.15) is 37.7 Å². The molecule has 0 amide bonds. The van der Waals surface area contributed by atoms with E-state index >= 15 is 0 Å². The van der Waals surface area contributed by atoms with E-state index in [0.717, 1.165) is 18.4 Å². The van der Waals surface area contributed by atoms with Gasteiger partial charge in [0.1, 0.15) is 6.10 Å². The van der Waals surface area contributed by atoms with Crippen LogP contribution >= 0.6 is 0 Å². The number of Topliss-reactive ketones (excluding diaryl/α,β-unsaturated/α-hetero) is 1. The second-order valence-electron chi connectivity index (χ2n) is 5.22. The first-order valence-electron chi connectivity index (χ1n) is 6.73. The molecule has 0 aromatic carbocycles. The number of carbonyl (C=O) groups is 1. The topological polar surface area (TPSA) is 44.1 Å². The number of carbonyl (C=O) groups excluding carboxylic acids is 1. The standard InChI is InChI=1S/C14H22N2O2/c1-16-10-11(9-15-16)8-13(17)14(18-2)12-6-4-3-5-7-12/h9-10,12,14H,3-8H2,1-2H3. The highest BCUT2D eigenvalue weighted by atomic mass is 16.5. The maximum Gasteiger partial charge on any atom is 0.166 e. The van der Waals surface area contributed by atoms with Crippen molar-refractivity contribution in [2.24, 2.45) is 13.0 Å². The number of hydrogen-bond donors (Lipinski definition) is 0. The molecule has 100 valence electrons. The Morgan fingerprint density at radius 2 is 2.22 bits per heavy atom. The molecule has 1 aromatic rings. The Morgan fingerprint density at radius 3 is 2.78 bits per heavy atom. The summed E-state index contributed by atoms with van der Waals surface area (Å²) < 4.78 is 7.18. The summed E-state index contributed by atoms with van der Waals surface area (Å²) in [5.74, 6) is 0.602. The fraction of sp³-hybridized carbons (Fsp3) is 0.714. The van der Waals surface area contributed by atoms with Gasteiger partial charge in [-0.3, -0.25) is 9.48 Å². The summed E-state index contributed by atoms with van der Waals surface area (Å²) in [4.78, 5) is 12.3. The molecule has 1 aliphatic rings. The maximum absolute atomic E-state index is 12.3. The van der Waals surface area contributed by atoms with Crippen molar-refractivity contribution < 1.29 is 9.53 Å². The van der Waals surface area contributed by atoms with Crippen molar-refractivity contribution in [3.63, 3.8) is 0 Å². The first-order chi connectivity index (χ1) is 8.70. The predicted molar refractivity (Wildman–Crippen MR) is 69.3 cm³/mol. The van der Waals surface area contributed by atoms with E-state index in [0.29, 0.717) is 12.3 Å². The highest BCUT2D eigenvalue weighted by Crippen LogP contribution is 2.28. The lowest BCUT2D eigenvalue weighted by Gasteiger charge is -2.28. The molecule has 1 atom stereocenters. The van der Waals surface area contributed by atoms with Gasteiger partial charge in [-0.15, -0.1) is 0 Å². The normalized spacial score (nSPS) is 18.8. The number of methoxy groups -OCH3 is 1. The lowest BCUT2D eigenvalue weighted by molar-refractivity contribution is -0.132. The second-order valence-corrected chi connectivity index (χ2v) is 5.22. The van der Waals surface area contributed by atoms with Gasteiger partial charge in [0.15, 0.2) is 5.78 Å². The van der Waals surface area contributed by atoms with Crippen molar-refractivity contribution in [1.29, 1.82) is 0 Å². The van der Waals surface area contributed by atoms with Crippen LogP contribution in [0.25, 0.3) is 0 Å². The van der Waals surface area contributed by atoms with Crippen LogP contribution in [0.4, 0.5) is 0 Å². The van der Waals surface area contributed by atoms with E-state index in [1.807, 2.05) is 13.2 Å². The smallest absolute Gasteiger partial charge is 0.166 e. The zero-order chi connectivity index (χ0) is 13.0. The Morgan fingerprint density at radius 1 is 1.50 bits per heavy atom. The molecule has 0 aliphatic heterocycles. The molecule has 1 heterocycles. The predicted octanol–water partition coefficient (Wildman–Crippen LogP) is 2.13. The van der Waals surface area contributed by atoms with Crippen molar-refractivity contribution in [2.75, 3.05) is 7.11 Å². The molecular formula is C14H22N2O2. The Bertz CT molecular complexity index is 394. The summed E-state index contributed by atoms with van der Waals surface area (Å²) in [7, 11) is 3.52. The van der Waals surface area contributed by atoms with Gasteiger partial charge in [0.05, 0.1) is 6.20 Å². The van der Waals surface area contributed by atoms with Gasteiger partial charge in [-0.2, -0.15) is 5.10 Å². The molecule has 1 saturated carbocycles. The van der Waals surface area contributed by atoms with E-state index in [1.165, 1.54) is 19.3 Å². The van der Waals surface area contributed by atoms with E-state index in [4.69, 9.17) is 4.74 Å². The van der Waals surface area contributed by atoms with E-state index in [-0.39, 0.29) is 11.9 Å². The maximum atomic E-state index is 12.3. The van der Waals surface area contributed by atoms with Gasteiger partial charge in [0.25, 0.3) is 0 Å². The number of aryl methyl sites for hydroxylation is 1. The lowest BCUT2D eigenvalue weighted by atomic mass is 9.83. The number of hydrogen-bond acceptors (Lipinski definition) is 3. The lowest BCUT2D eigenvalue weighted by Crippen LogP contribution is -2.34. The third kappa shape index (κ3) is 3.19. The molecule has 1 unspecified atom stereocenters. The summed E-state index contributed by atoms with van der Waals surface area (Å²) in [5.41, 5.74) is 0.973. The Balaban J connectivity index is 1.96. The van der Waals surface area contributed by atoms with Crippen LogP contribution in [0.5, 0.6) is 0 Å². The number of aromatic nitrogens is 2. The number of rotatable bonds is 5.